The molecule has 5 amide bonds. The topological polar surface area (TPSA) is 90.4 Å². The first kappa shape index (κ1) is 20.1. The minimum atomic E-state index is -0.931. The zero-order valence-electron chi connectivity index (χ0n) is 16.6. The minimum absolute atomic E-state index is 0.252. The summed E-state index contributed by atoms with van der Waals surface area (Å²) < 4.78 is 0. The molecule has 2 aromatic rings. The van der Waals surface area contributed by atoms with Crippen LogP contribution in [0.4, 0.5) is 4.79 Å². The van der Waals surface area contributed by atoms with Gasteiger partial charge in [-0.05, 0) is 35.7 Å². The first-order valence-corrected chi connectivity index (χ1v) is 12.0. The molecule has 0 aromatic carbocycles. The predicted molar refractivity (Wildman–Crippen MR) is 116 cm³/mol. The van der Waals surface area contributed by atoms with Gasteiger partial charge in [-0.2, -0.15) is 5.10 Å². The quantitative estimate of drug-likeness (QED) is 0.510. The number of amides is 5. The molecule has 5 rings (SSSR count). The molecular formula is C21H20N4O4S2. The van der Waals surface area contributed by atoms with E-state index in [0.717, 1.165) is 38.1 Å². The highest BCUT2D eigenvalue weighted by molar-refractivity contribution is 7.12. The van der Waals surface area contributed by atoms with Gasteiger partial charge in [-0.3, -0.25) is 19.3 Å². The molecule has 1 aliphatic carbocycles. The van der Waals surface area contributed by atoms with Crippen molar-refractivity contribution >= 4 is 52.1 Å². The Bertz CT molecular complexity index is 1060. The van der Waals surface area contributed by atoms with Crippen LogP contribution in [-0.4, -0.2) is 56.9 Å². The molecule has 4 heterocycles. The summed E-state index contributed by atoms with van der Waals surface area (Å²) in [6.07, 6.45) is 3.81. The molecule has 1 unspecified atom stereocenters. The van der Waals surface area contributed by atoms with Crippen molar-refractivity contribution in [3.8, 4) is 0 Å². The summed E-state index contributed by atoms with van der Waals surface area (Å²) in [4.78, 5) is 54.7. The molecule has 10 heteroatoms. The molecule has 0 N–H and O–H groups in total. The molecule has 3 aliphatic rings. The number of rotatable bonds is 5. The molecule has 2 aromatic heterocycles. The van der Waals surface area contributed by atoms with Crippen LogP contribution in [0, 0.1) is 0 Å². The van der Waals surface area contributed by atoms with Gasteiger partial charge in [-0.1, -0.05) is 25.0 Å². The van der Waals surface area contributed by atoms with Crippen LogP contribution in [0.25, 0.3) is 0 Å². The van der Waals surface area contributed by atoms with Gasteiger partial charge in [0.25, 0.3) is 5.91 Å². The van der Waals surface area contributed by atoms with Crippen LogP contribution >= 0.6 is 22.7 Å². The van der Waals surface area contributed by atoms with Crippen molar-refractivity contribution in [3.05, 3.63) is 44.8 Å². The Balaban J connectivity index is 1.38. The second-order valence-electron chi connectivity index (χ2n) is 7.78. The van der Waals surface area contributed by atoms with Gasteiger partial charge in [-0.15, -0.1) is 22.7 Å². The smallest absolute Gasteiger partial charge is 0.271 e. The van der Waals surface area contributed by atoms with E-state index in [2.05, 4.69) is 5.10 Å². The van der Waals surface area contributed by atoms with Gasteiger partial charge in [-0.25, -0.2) is 14.7 Å². The Morgan fingerprint density at radius 2 is 1.77 bits per heavy atom. The van der Waals surface area contributed by atoms with E-state index in [1.54, 1.807) is 11.3 Å². The molecule has 0 spiro atoms. The highest BCUT2D eigenvalue weighted by atomic mass is 32.1. The number of hydrogen-bond donors (Lipinski definition) is 0. The summed E-state index contributed by atoms with van der Waals surface area (Å²) in [5, 5.41) is 9.80. The predicted octanol–water partition coefficient (Wildman–Crippen LogP) is 3.22. The minimum Gasteiger partial charge on any atom is -0.271 e. The van der Waals surface area contributed by atoms with E-state index in [4.69, 9.17) is 0 Å². The number of hydrogen-bond acceptors (Lipinski definition) is 7. The van der Waals surface area contributed by atoms with Crippen LogP contribution in [0.15, 0.2) is 40.1 Å². The third kappa shape index (κ3) is 3.49. The summed E-state index contributed by atoms with van der Waals surface area (Å²) in [5.74, 6) is -2.24. The van der Waals surface area contributed by atoms with Crippen LogP contribution in [0.3, 0.4) is 0 Å². The largest absolute Gasteiger partial charge is 0.334 e. The van der Waals surface area contributed by atoms with Crippen LogP contribution in [0.1, 0.15) is 47.9 Å². The summed E-state index contributed by atoms with van der Waals surface area (Å²) >= 11 is 3.07. The van der Waals surface area contributed by atoms with E-state index in [9.17, 15) is 19.2 Å². The van der Waals surface area contributed by atoms with E-state index in [-0.39, 0.29) is 12.1 Å². The summed E-state index contributed by atoms with van der Waals surface area (Å²) in [6, 6.07) is 6.51. The Morgan fingerprint density at radius 3 is 2.45 bits per heavy atom. The molecule has 1 atom stereocenters. The first-order chi connectivity index (χ1) is 15.0. The van der Waals surface area contributed by atoms with Gasteiger partial charge < -0.3 is 0 Å². The fourth-order valence-corrected chi connectivity index (χ4v) is 5.92. The van der Waals surface area contributed by atoms with E-state index in [0.29, 0.717) is 19.3 Å². The lowest BCUT2D eigenvalue weighted by Crippen LogP contribution is -2.43. The van der Waals surface area contributed by atoms with Crippen molar-refractivity contribution in [3.63, 3.8) is 0 Å². The maximum Gasteiger partial charge on any atom is 0.334 e. The number of imide groups is 2. The Kier molecular flexibility index (Phi) is 5.19. The third-order valence-corrected chi connectivity index (χ3v) is 7.80. The number of carbonyl (C=O) groups is 4. The van der Waals surface area contributed by atoms with Gasteiger partial charge in [0.05, 0.1) is 16.6 Å². The molecule has 31 heavy (non-hydrogen) atoms. The van der Waals surface area contributed by atoms with E-state index < -0.39 is 30.3 Å². The normalized spacial score (nSPS) is 22.2. The highest BCUT2D eigenvalue weighted by Crippen LogP contribution is 2.36. The van der Waals surface area contributed by atoms with Crippen molar-refractivity contribution in [2.75, 3.05) is 6.54 Å². The Hall–Kier alpha value is -2.85. The zero-order valence-corrected chi connectivity index (χ0v) is 18.2. The average molecular weight is 457 g/mol. The number of thiophene rings is 2. The fourth-order valence-electron chi connectivity index (χ4n) is 4.39. The lowest BCUT2D eigenvalue weighted by Gasteiger charge is -2.24. The van der Waals surface area contributed by atoms with E-state index in [1.807, 2.05) is 35.0 Å². The maximum absolute atomic E-state index is 13.2. The van der Waals surface area contributed by atoms with Gasteiger partial charge >= 0.3 is 17.8 Å². The molecule has 0 radical (unpaired) electrons. The standard InChI is InChI=1S/C21H20N4O4S2/c26-18(12-23-19(27)20(28)24(21(23)29)13-5-1-2-6-13)25-15(17-8-4-10-31-17)11-14(22-25)16-7-3-9-30-16/h3-4,7-10,13,15H,1-2,5-6,11-12H2. The monoisotopic (exact) mass is 456 g/mol. The third-order valence-electron chi connectivity index (χ3n) is 5.91. The van der Waals surface area contributed by atoms with Crippen molar-refractivity contribution < 1.29 is 19.2 Å². The number of nitrogens with zero attached hydrogens (tertiary/aromatic N) is 4. The lowest BCUT2D eigenvalue weighted by molar-refractivity contribution is -0.145. The summed E-state index contributed by atoms with van der Waals surface area (Å²) in [7, 11) is 0. The second-order valence-corrected chi connectivity index (χ2v) is 9.71. The van der Waals surface area contributed by atoms with E-state index in [1.165, 1.54) is 16.3 Å². The van der Waals surface area contributed by atoms with Gasteiger partial charge in [0.1, 0.15) is 6.54 Å². The highest BCUT2D eigenvalue weighted by Gasteiger charge is 2.49. The van der Waals surface area contributed by atoms with Crippen molar-refractivity contribution in [1.82, 2.24) is 14.8 Å². The van der Waals surface area contributed by atoms with Crippen molar-refractivity contribution in [2.45, 2.75) is 44.2 Å². The van der Waals surface area contributed by atoms with Crippen molar-refractivity contribution in [2.24, 2.45) is 5.10 Å². The second kappa shape index (κ2) is 8.01. The molecule has 1 saturated carbocycles. The number of carbonyl (C=O) groups excluding carboxylic acids is 4. The Morgan fingerprint density at radius 1 is 1.03 bits per heavy atom. The maximum atomic E-state index is 13.2. The van der Waals surface area contributed by atoms with Crippen LogP contribution < -0.4 is 0 Å². The summed E-state index contributed by atoms with van der Waals surface area (Å²) in [5.41, 5.74) is 0.796. The molecule has 160 valence electrons. The molecule has 2 fully saturated rings. The van der Waals surface area contributed by atoms with Gasteiger partial charge in [0.2, 0.25) is 0 Å². The van der Waals surface area contributed by atoms with E-state index >= 15 is 0 Å². The molecule has 8 nitrogen and oxygen atoms in total. The molecule has 1 saturated heterocycles. The SMILES string of the molecule is O=C1C(=O)N(C2CCCC2)C(=O)N1CC(=O)N1N=C(c2cccs2)CC1c1cccs1. The number of urea groups is 1. The van der Waals surface area contributed by atoms with Crippen LogP contribution in [-0.2, 0) is 14.4 Å². The molecular weight excluding hydrogens is 436 g/mol. The first-order valence-electron chi connectivity index (χ1n) is 10.2. The van der Waals surface area contributed by atoms with Gasteiger partial charge in [0.15, 0.2) is 0 Å². The number of hydrazone groups is 1. The van der Waals surface area contributed by atoms with Gasteiger partial charge in [0, 0.05) is 17.3 Å². The van der Waals surface area contributed by atoms with Crippen LogP contribution in [0.5, 0.6) is 0 Å². The zero-order chi connectivity index (χ0) is 21.5. The van der Waals surface area contributed by atoms with Crippen molar-refractivity contribution in [1.29, 1.82) is 0 Å². The molecule has 2 aliphatic heterocycles. The lowest BCUT2D eigenvalue weighted by atomic mass is 10.1. The average Bonchev–Trinajstić information content (AvgIpc) is 3.57. The van der Waals surface area contributed by atoms with Crippen LogP contribution in [0.2, 0.25) is 0 Å². The molecule has 0 bridgehead atoms. The fraction of sp³-hybridized carbons (Fsp3) is 0.381. The summed E-state index contributed by atoms with van der Waals surface area (Å²) in [6.45, 7) is -0.490. The Labute approximate surface area is 186 Å².